The van der Waals surface area contributed by atoms with Gasteiger partial charge in [-0.05, 0) is 25.3 Å². The van der Waals surface area contributed by atoms with E-state index in [1.165, 1.54) is 5.56 Å². The number of aliphatic imine (C=N–C) groups is 1. The van der Waals surface area contributed by atoms with Crippen molar-refractivity contribution in [2.24, 2.45) is 4.99 Å². The van der Waals surface area contributed by atoms with Crippen molar-refractivity contribution in [2.75, 3.05) is 13.6 Å². The van der Waals surface area contributed by atoms with Crippen LogP contribution in [-0.2, 0) is 6.54 Å². The molecular weight excluding hydrogens is 427 g/mol. The summed E-state index contributed by atoms with van der Waals surface area (Å²) in [5.41, 5.74) is 1.34. The van der Waals surface area contributed by atoms with Gasteiger partial charge in [-0.3, -0.25) is 4.99 Å². The number of benzene rings is 1. The van der Waals surface area contributed by atoms with Crippen molar-refractivity contribution < 1.29 is 0 Å². The summed E-state index contributed by atoms with van der Waals surface area (Å²) in [4.78, 5) is 4.32. The molecule has 25 heavy (non-hydrogen) atoms. The van der Waals surface area contributed by atoms with E-state index in [0.29, 0.717) is 12.0 Å². The fourth-order valence-corrected chi connectivity index (χ4v) is 2.54. The highest BCUT2D eigenvalue weighted by Gasteiger charge is 2.15. The second-order valence-corrected chi connectivity index (χ2v) is 6.04. The molecule has 2 unspecified atom stereocenters. The molecular formula is C18H29IN6. The Morgan fingerprint density at radius 1 is 1.12 bits per heavy atom. The summed E-state index contributed by atoms with van der Waals surface area (Å²) in [5.74, 6) is 1.27. The molecule has 0 amide bonds. The Labute approximate surface area is 167 Å². The van der Waals surface area contributed by atoms with Gasteiger partial charge in [0.25, 0.3) is 0 Å². The van der Waals surface area contributed by atoms with Crippen molar-refractivity contribution in [1.82, 2.24) is 25.4 Å². The standard InChI is InChI=1S/C18H28N6.HI/c1-15(17-9-5-4-6-10-17)16(2)23-18(19-3)20-11-7-8-12-24-13-21-22-14-24;/h4-6,9-10,13-16H,7-8,11-12H2,1-3H3,(H2,19,20,23);1H. The average molecular weight is 456 g/mol. The molecule has 2 aromatic rings. The van der Waals surface area contributed by atoms with Crippen LogP contribution < -0.4 is 10.6 Å². The third-order valence-electron chi connectivity index (χ3n) is 4.27. The van der Waals surface area contributed by atoms with E-state index in [4.69, 9.17) is 0 Å². The quantitative estimate of drug-likeness (QED) is 0.278. The van der Waals surface area contributed by atoms with Crippen molar-refractivity contribution in [3.8, 4) is 0 Å². The molecule has 0 aliphatic heterocycles. The number of aromatic nitrogens is 3. The summed E-state index contributed by atoms with van der Waals surface area (Å²) >= 11 is 0. The predicted molar refractivity (Wildman–Crippen MR) is 113 cm³/mol. The Morgan fingerprint density at radius 2 is 1.80 bits per heavy atom. The van der Waals surface area contributed by atoms with Crippen molar-refractivity contribution in [3.63, 3.8) is 0 Å². The van der Waals surface area contributed by atoms with Crippen LogP contribution in [0, 0.1) is 0 Å². The van der Waals surface area contributed by atoms with E-state index in [2.05, 4.69) is 70.0 Å². The van der Waals surface area contributed by atoms with Gasteiger partial charge in [-0.15, -0.1) is 34.2 Å². The smallest absolute Gasteiger partial charge is 0.191 e. The Balaban J connectivity index is 0.00000312. The van der Waals surface area contributed by atoms with Crippen LogP contribution in [0.5, 0.6) is 0 Å². The first-order valence-electron chi connectivity index (χ1n) is 8.55. The topological polar surface area (TPSA) is 67.1 Å². The van der Waals surface area contributed by atoms with Gasteiger partial charge in [0.1, 0.15) is 12.7 Å². The number of guanidine groups is 1. The molecule has 0 saturated heterocycles. The summed E-state index contributed by atoms with van der Waals surface area (Å²) in [5, 5.41) is 14.5. The Kier molecular flexibility index (Phi) is 10.1. The lowest BCUT2D eigenvalue weighted by atomic mass is 9.94. The maximum Gasteiger partial charge on any atom is 0.191 e. The van der Waals surface area contributed by atoms with Gasteiger partial charge >= 0.3 is 0 Å². The molecule has 0 saturated carbocycles. The largest absolute Gasteiger partial charge is 0.356 e. The number of rotatable bonds is 8. The molecule has 1 aromatic carbocycles. The van der Waals surface area contributed by atoms with E-state index in [0.717, 1.165) is 31.9 Å². The van der Waals surface area contributed by atoms with Gasteiger partial charge in [-0.1, -0.05) is 37.3 Å². The third kappa shape index (κ3) is 7.41. The third-order valence-corrected chi connectivity index (χ3v) is 4.27. The summed E-state index contributed by atoms with van der Waals surface area (Å²) in [7, 11) is 1.81. The Hall–Kier alpha value is -1.64. The Bertz CT molecular complexity index is 599. The molecule has 6 nitrogen and oxygen atoms in total. The average Bonchev–Trinajstić information content (AvgIpc) is 3.13. The molecule has 0 radical (unpaired) electrons. The molecule has 0 aliphatic carbocycles. The molecule has 2 rings (SSSR count). The van der Waals surface area contributed by atoms with Gasteiger partial charge in [0.15, 0.2) is 5.96 Å². The molecule has 1 aromatic heterocycles. The fraction of sp³-hybridized carbons (Fsp3) is 0.500. The monoisotopic (exact) mass is 456 g/mol. The van der Waals surface area contributed by atoms with Crippen molar-refractivity contribution >= 4 is 29.9 Å². The van der Waals surface area contributed by atoms with E-state index in [-0.39, 0.29) is 24.0 Å². The highest BCUT2D eigenvalue weighted by Crippen LogP contribution is 2.18. The summed E-state index contributed by atoms with van der Waals surface area (Å²) in [6, 6.07) is 10.9. The predicted octanol–water partition coefficient (Wildman–Crippen LogP) is 3.03. The molecule has 0 bridgehead atoms. The van der Waals surface area contributed by atoms with Crippen LogP contribution in [0.3, 0.4) is 0 Å². The van der Waals surface area contributed by atoms with E-state index >= 15 is 0 Å². The van der Waals surface area contributed by atoms with Crippen molar-refractivity contribution in [2.45, 2.75) is 45.2 Å². The van der Waals surface area contributed by atoms with E-state index in [1.807, 2.05) is 11.6 Å². The fourth-order valence-electron chi connectivity index (χ4n) is 2.54. The minimum atomic E-state index is 0. The first kappa shape index (κ1) is 21.4. The van der Waals surface area contributed by atoms with Gasteiger partial charge < -0.3 is 15.2 Å². The van der Waals surface area contributed by atoms with E-state index < -0.39 is 0 Å². The number of nitrogens with one attached hydrogen (secondary N) is 2. The minimum absolute atomic E-state index is 0. The zero-order valence-corrected chi connectivity index (χ0v) is 17.6. The highest BCUT2D eigenvalue weighted by molar-refractivity contribution is 14.0. The summed E-state index contributed by atoms with van der Waals surface area (Å²) in [6.07, 6.45) is 5.65. The van der Waals surface area contributed by atoms with Crippen molar-refractivity contribution in [3.05, 3.63) is 48.5 Å². The second-order valence-electron chi connectivity index (χ2n) is 6.04. The van der Waals surface area contributed by atoms with Crippen molar-refractivity contribution in [1.29, 1.82) is 0 Å². The van der Waals surface area contributed by atoms with Crippen LogP contribution >= 0.6 is 24.0 Å². The van der Waals surface area contributed by atoms with Gasteiger partial charge in [-0.2, -0.15) is 0 Å². The number of hydrogen-bond acceptors (Lipinski definition) is 3. The first-order chi connectivity index (χ1) is 11.7. The molecule has 7 heteroatoms. The first-order valence-corrected chi connectivity index (χ1v) is 8.55. The summed E-state index contributed by atoms with van der Waals surface area (Å²) in [6.45, 7) is 6.27. The zero-order chi connectivity index (χ0) is 17.2. The maximum absolute atomic E-state index is 4.32. The molecule has 1 heterocycles. The van der Waals surface area contributed by atoms with Crippen LogP contribution in [0.25, 0.3) is 0 Å². The minimum Gasteiger partial charge on any atom is -0.356 e. The number of halogens is 1. The van der Waals surface area contributed by atoms with E-state index in [9.17, 15) is 0 Å². The molecule has 0 spiro atoms. The lowest BCUT2D eigenvalue weighted by Gasteiger charge is -2.24. The maximum atomic E-state index is 4.32. The van der Waals surface area contributed by atoms with Gasteiger partial charge in [0.05, 0.1) is 0 Å². The van der Waals surface area contributed by atoms with Gasteiger partial charge in [-0.25, -0.2) is 0 Å². The number of hydrogen-bond donors (Lipinski definition) is 2. The van der Waals surface area contributed by atoms with Gasteiger partial charge in [0.2, 0.25) is 0 Å². The van der Waals surface area contributed by atoms with Crippen LogP contribution in [-0.4, -0.2) is 40.4 Å². The molecule has 0 aliphatic rings. The molecule has 0 fully saturated rings. The summed E-state index contributed by atoms with van der Waals surface area (Å²) < 4.78 is 2.00. The van der Waals surface area contributed by atoms with Gasteiger partial charge in [0, 0.05) is 32.1 Å². The van der Waals surface area contributed by atoms with E-state index in [1.54, 1.807) is 12.7 Å². The number of nitrogens with zero attached hydrogens (tertiary/aromatic N) is 4. The number of unbranched alkanes of at least 4 members (excludes halogenated alkanes) is 1. The second kappa shape index (κ2) is 11.8. The molecule has 138 valence electrons. The van der Waals surface area contributed by atoms with Crippen LogP contribution in [0.4, 0.5) is 0 Å². The lowest BCUT2D eigenvalue weighted by molar-refractivity contribution is 0.545. The molecule has 2 atom stereocenters. The zero-order valence-electron chi connectivity index (χ0n) is 15.2. The van der Waals surface area contributed by atoms with Crippen LogP contribution in [0.1, 0.15) is 38.2 Å². The number of aryl methyl sites for hydroxylation is 1. The Morgan fingerprint density at radius 3 is 2.44 bits per heavy atom. The SMILES string of the molecule is CN=C(NCCCCn1cnnc1)NC(C)C(C)c1ccccc1.I. The van der Waals surface area contributed by atoms with Crippen LogP contribution in [0.15, 0.2) is 48.0 Å². The highest BCUT2D eigenvalue weighted by atomic mass is 127. The molecule has 2 N–H and O–H groups in total. The lowest BCUT2D eigenvalue weighted by Crippen LogP contribution is -2.44. The normalized spacial score (nSPS) is 13.6. The van der Waals surface area contributed by atoms with Crippen LogP contribution in [0.2, 0.25) is 0 Å².